The maximum absolute atomic E-state index is 12.4. The number of nitrogens with one attached hydrogen (secondary N) is 1. The highest BCUT2D eigenvalue weighted by Gasteiger charge is 2.19. The Morgan fingerprint density at radius 3 is 2.50 bits per heavy atom. The van der Waals surface area contributed by atoms with Gasteiger partial charge in [-0.25, -0.2) is 13.2 Å². The molecule has 118 valence electrons. The van der Waals surface area contributed by atoms with Crippen LogP contribution >= 0.6 is 27.3 Å². The minimum Gasteiger partial charge on any atom is -0.465 e. The number of ether oxygens (including phenoxy) is 1. The third kappa shape index (κ3) is 3.50. The lowest BCUT2D eigenvalue weighted by Crippen LogP contribution is -2.12. The van der Waals surface area contributed by atoms with Crippen LogP contribution in [0.5, 0.6) is 0 Å². The molecular weight excluding hydrogens is 390 g/mol. The normalized spacial score (nSPS) is 11.3. The van der Waals surface area contributed by atoms with Gasteiger partial charge in [0.15, 0.2) is 0 Å². The summed E-state index contributed by atoms with van der Waals surface area (Å²) in [5, 5.41) is 0.374. The second-order valence-electron chi connectivity index (χ2n) is 4.63. The van der Waals surface area contributed by atoms with E-state index < -0.39 is 16.0 Å². The molecule has 1 heterocycles. The molecule has 1 aromatic heterocycles. The maximum atomic E-state index is 12.4. The molecule has 1 N–H and O–H groups in total. The first kappa shape index (κ1) is 17.0. The van der Waals surface area contributed by atoms with E-state index in [1.54, 1.807) is 25.1 Å². The van der Waals surface area contributed by atoms with Crippen molar-refractivity contribution in [3.63, 3.8) is 0 Å². The van der Waals surface area contributed by atoms with E-state index in [1.807, 2.05) is 6.92 Å². The average Bonchev–Trinajstić information content (AvgIpc) is 2.80. The quantitative estimate of drug-likeness (QED) is 0.789. The number of anilines is 1. The highest BCUT2D eigenvalue weighted by Crippen LogP contribution is 2.29. The van der Waals surface area contributed by atoms with Crippen molar-refractivity contribution in [2.75, 3.05) is 11.8 Å². The number of carbonyl (C=O) groups is 1. The summed E-state index contributed by atoms with van der Waals surface area (Å²) in [7, 11) is -2.41. The van der Waals surface area contributed by atoms with Gasteiger partial charge in [0.05, 0.1) is 12.0 Å². The molecule has 1 aromatic carbocycles. The molecule has 5 nitrogen and oxygen atoms in total. The minimum absolute atomic E-state index is 0.166. The van der Waals surface area contributed by atoms with Crippen LogP contribution in [-0.2, 0) is 14.8 Å². The first-order chi connectivity index (χ1) is 10.2. The van der Waals surface area contributed by atoms with Crippen LogP contribution in [0.15, 0.2) is 33.6 Å². The molecule has 22 heavy (non-hydrogen) atoms. The van der Waals surface area contributed by atoms with Crippen molar-refractivity contribution in [2.45, 2.75) is 18.7 Å². The predicted molar refractivity (Wildman–Crippen MR) is 90.1 cm³/mol. The number of halogens is 1. The van der Waals surface area contributed by atoms with Crippen LogP contribution < -0.4 is 4.72 Å². The van der Waals surface area contributed by atoms with Crippen LogP contribution in [0.3, 0.4) is 0 Å². The van der Waals surface area contributed by atoms with Crippen LogP contribution in [0, 0.1) is 13.8 Å². The fourth-order valence-electron chi connectivity index (χ4n) is 1.80. The monoisotopic (exact) mass is 403 g/mol. The highest BCUT2D eigenvalue weighted by atomic mass is 79.9. The summed E-state index contributed by atoms with van der Waals surface area (Å²) in [5.41, 5.74) is 1.49. The summed E-state index contributed by atoms with van der Waals surface area (Å²) >= 11 is 4.38. The highest BCUT2D eigenvalue weighted by molar-refractivity contribution is 9.10. The smallest absolute Gasteiger partial charge is 0.348 e. The van der Waals surface area contributed by atoms with Crippen molar-refractivity contribution >= 4 is 48.3 Å². The summed E-state index contributed by atoms with van der Waals surface area (Å²) in [4.78, 5) is 12.1. The molecule has 0 fully saturated rings. The molecule has 0 unspecified atom stereocenters. The van der Waals surface area contributed by atoms with Crippen LogP contribution in [0.4, 0.5) is 5.00 Å². The van der Waals surface area contributed by atoms with Crippen molar-refractivity contribution in [1.82, 2.24) is 0 Å². The Hall–Kier alpha value is -1.38. The largest absolute Gasteiger partial charge is 0.465 e. The summed E-state index contributed by atoms with van der Waals surface area (Å²) < 4.78 is 32.8. The number of methoxy groups -OCH3 is 1. The molecule has 0 radical (unpaired) electrons. The van der Waals surface area contributed by atoms with Crippen molar-refractivity contribution < 1.29 is 17.9 Å². The van der Waals surface area contributed by atoms with Gasteiger partial charge in [0.25, 0.3) is 10.0 Å². The first-order valence-electron chi connectivity index (χ1n) is 6.22. The number of aryl methyl sites for hydroxylation is 2. The third-order valence-corrected chi connectivity index (χ3v) is 6.48. The molecule has 0 atom stereocenters. The van der Waals surface area contributed by atoms with E-state index in [4.69, 9.17) is 0 Å². The number of hydrogen-bond acceptors (Lipinski definition) is 5. The molecule has 0 amide bonds. The number of benzene rings is 1. The van der Waals surface area contributed by atoms with E-state index in [1.165, 1.54) is 13.2 Å². The zero-order chi connectivity index (χ0) is 16.5. The Morgan fingerprint density at radius 1 is 1.23 bits per heavy atom. The Morgan fingerprint density at radius 2 is 1.91 bits per heavy atom. The van der Waals surface area contributed by atoms with E-state index >= 15 is 0 Å². The van der Waals surface area contributed by atoms with Gasteiger partial charge in [-0.05, 0) is 49.2 Å². The van der Waals surface area contributed by atoms with Gasteiger partial charge in [-0.15, -0.1) is 11.3 Å². The van der Waals surface area contributed by atoms with Gasteiger partial charge in [0.1, 0.15) is 9.88 Å². The number of carbonyl (C=O) groups excluding carboxylic acids is 1. The minimum atomic E-state index is -3.70. The number of hydrogen-bond donors (Lipinski definition) is 1. The number of rotatable bonds is 4. The molecule has 2 aromatic rings. The molecule has 0 saturated carbocycles. The third-order valence-electron chi connectivity index (χ3n) is 2.96. The molecule has 0 aliphatic heterocycles. The van der Waals surface area contributed by atoms with Gasteiger partial charge in [0, 0.05) is 4.47 Å². The summed E-state index contributed by atoms with van der Waals surface area (Å²) in [6.45, 7) is 3.54. The van der Waals surface area contributed by atoms with Gasteiger partial charge < -0.3 is 4.74 Å². The second-order valence-corrected chi connectivity index (χ2v) is 8.22. The van der Waals surface area contributed by atoms with E-state index in [9.17, 15) is 13.2 Å². The maximum Gasteiger partial charge on any atom is 0.348 e. The van der Waals surface area contributed by atoms with Crippen LogP contribution in [0.25, 0.3) is 0 Å². The first-order valence-corrected chi connectivity index (χ1v) is 9.31. The fraction of sp³-hybridized carbons (Fsp3) is 0.214. The molecule has 0 saturated heterocycles. The zero-order valence-corrected chi connectivity index (χ0v) is 15.4. The van der Waals surface area contributed by atoms with E-state index in [0.29, 0.717) is 15.4 Å². The number of esters is 1. The second kappa shape index (κ2) is 6.39. The number of sulfonamides is 1. The molecule has 0 aliphatic rings. The lowest BCUT2D eigenvalue weighted by molar-refractivity contribution is 0.0605. The van der Waals surface area contributed by atoms with Crippen LogP contribution in [0.1, 0.15) is 20.8 Å². The van der Waals surface area contributed by atoms with Gasteiger partial charge in [-0.3, -0.25) is 4.72 Å². The molecule has 0 aliphatic carbocycles. The molecule has 0 bridgehead atoms. The SMILES string of the molecule is COC(=O)c1sc(NS(=O)(=O)c2ccc(Br)c(C)c2)cc1C. The fourth-order valence-corrected chi connectivity index (χ4v) is 4.41. The van der Waals surface area contributed by atoms with Gasteiger partial charge in [-0.2, -0.15) is 0 Å². The Bertz CT molecular complexity index is 827. The molecular formula is C14H14BrNO4S2. The average molecular weight is 404 g/mol. The van der Waals surface area contributed by atoms with E-state index in [2.05, 4.69) is 25.4 Å². The standard InChI is InChI=1S/C14H14BrNO4S2/c1-8-6-10(4-5-11(8)15)22(18,19)16-12-7-9(2)13(21-12)14(17)20-3/h4-7,16H,1-3H3. The Kier molecular flexibility index (Phi) is 4.93. The van der Waals surface area contributed by atoms with Gasteiger partial charge in [-0.1, -0.05) is 15.9 Å². The predicted octanol–water partition coefficient (Wildman–Crippen LogP) is 3.71. The zero-order valence-electron chi connectivity index (χ0n) is 12.1. The molecule has 0 spiro atoms. The Labute approximate surface area is 141 Å². The van der Waals surface area contributed by atoms with Crippen molar-refractivity contribution in [2.24, 2.45) is 0 Å². The summed E-state index contributed by atoms with van der Waals surface area (Å²) in [6, 6.07) is 6.39. The van der Waals surface area contributed by atoms with Crippen LogP contribution in [0.2, 0.25) is 0 Å². The van der Waals surface area contributed by atoms with Crippen molar-refractivity contribution in [1.29, 1.82) is 0 Å². The van der Waals surface area contributed by atoms with E-state index in [0.717, 1.165) is 21.4 Å². The van der Waals surface area contributed by atoms with Crippen molar-refractivity contribution in [3.05, 3.63) is 44.7 Å². The molecule has 8 heteroatoms. The summed E-state index contributed by atoms with van der Waals surface area (Å²) in [6.07, 6.45) is 0. The lowest BCUT2D eigenvalue weighted by Gasteiger charge is -2.07. The lowest BCUT2D eigenvalue weighted by atomic mass is 10.2. The van der Waals surface area contributed by atoms with E-state index in [-0.39, 0.29) is 4.90 Å². The van der Waals surface area contributed by atoms with Crippen LogP contribution in [-0.4, -0.2) is 21.5 Å². The van der Waals surface area contributed by atoms with Gasteiger partial charge >= 0.3 is 5.97 Å². The summed E-state index contributed by atoms with van der Waals surface area (Å²) in [5.74, 6) is -0.479. The number of thiophene rings is 1. The topological polar surface area (TPSA) is 72.5 Å². The Balaban J connectivity index is 2.33. The van der Waals surface area contributed by atoms with Gasteiger partial charge in [0.2, 0.25) is 0 Å². The van der Waals surface area contributed by atoms with Crippen molar-refractivity contribution in [3.8, 4) is 0 Å². The molecule has 2 rings (SSSR count).